The van der Waals surface area contributed by atoms with E-state index in [0.717, 1.165) is 16.6 Å². The molecule has 0 unspecified atom stereocenters. The smallest absolute Gasteiger partial charge is 0.128 e. The second-order valence-corrected chi connectivity index (χ2v) is 3.45. The highest BCUT2D eigenvalue weighted by Gasteiger charge is 2.08. The van der Waals surface area contributed by atoms with Crippen molar-refractivity contribution in [3.8, 4) is 0 Å². The summed E-state index contributed by atoms with van der Waals surface area (Å²) in [6.45, 7) is 3.94. The summed E-state index contributed by atoms with van der Waals surface area (Å²) in [6.07, 6.45) is 1.58. The van der Waals surface area contributed by atoms with Gasteiger partial charge in [-0.05, 0) is 23.6 Å². The minimum Gasteiger partial charge on any atom is -0.345 e. The van der Waals surface area contributed by atoms with Gasteiger partial charge in [0.15, 0.2) is 0 Å². The van der Waals surface area contributed by atoms with Crippen molar-refractivity contribution >= 4 is 11.0 Å². The van der Waals surface area contributed by atoms with Crippen LogP contribution in [0.5, 0.6) is 0 Å². The van der Waals surface area contributed by atoms with Crippen LogP contribution in [0.25, 0.3) is 11.0 Å². The van der Waals surface area contributed by atoms with Gasteiger partial charge in [-0.3, -0.25) is 0 Å². The molecule has 0 amide bonds. The fourth-order valence-electron chi connectivity index (χ4n) is 1.41. The van der Waals surface area contributed by atoms with Crippen LogP contribution in [0.3, 0.4) is 0 Å². The molecule has 1 aromatic carbocycles. The molecule has 68 valence electrons. The first-order chi connectivity index (χ1) is 6.18. The zero-order chi connectivity index (χ0) is 9.42. The third kappa shape index (κ3) is 1.30. The first-order valence-corrected chi connectivity index (χ1v) is 4.31. The van der Waals surface area contributed by atoms with Gasteiger partial charge in [0.2, 0.25) is 0 Å². The molecule has 3 heteroatoms. The number of rotatable bonds is 1. The molecule has 0 fully saturated rings. The lowest BCUT2D eigenvalue weighted by Gasteiger charge is -2.05. The van der Waals surface area contributed by atoms with Gasteiger partial charge in [0.05, 0.1) is 17.4 Å². The van der Waals surface area contributed by atoms with Gasteiger partial charge in [0, 0.05) is 0 Å². The number of aromatic amines is 1. The number of aromatic nitrogens is 2. The lowest BCUT2D eigenvalue weighted by Crippen LogP contribution is -1.92. The van der Waals surface area contributed by atoms with E-state index in [4.69, 9.17) is 0 Å². The summed E-state index contributed by atoms with van der Waals surface area (Å²) in [5, 5.41) is 0. The lowest BCUT2D eigenvalue weighted by atomic mass is 10.0. The van der Waals surface area contributed by atoms with Gasteiger partial charge in [-0.1, -0.05) is 13.8 Å². The van der Waals surface area contributed by atoms with E-state index < -0.39 is 0 Å². The average Bonchev–Trinajstić information content (AvgIpc) is 2.48. The molecule has 2 rings (SSSR count). The van der Waals surface area contributed by atoms with Crippen molar-refractivity contribution < 1.29 is 4.39 Å². The Hall–Kier alpha value is -1.38. The summed E-state index contributed by atoms with van der Waals surface area (Å²) in [6, 6.07) is 3.30. The highest BCUT2D eigenvalue weighted by atomic mass is 19.1. The van der Waals surface area contributed by atoms with Crippen molar-refractivity contribution in [2.75, 3.05) is 0 Å². The normalized spacial score (nSPS) is 11.4. The molecule has 0 aliphatic carbocycles. The summed E-state index contributed by atoms with van der Waals surface area (Å²) < 4.78 is 13.4. The fourth-order valence-corrected chi connectivity index (χ4v) is 1.41. The molecule has 1 aromatic heterocycles. The Kier molecular flexibility index (Phi) is 1.79. The van der Waals surface area contributed by atoms with Crippen molar-refractivity contribution in [1.29, 1.82) is 0 Å². The maximum Gasteiger partial charge on any atom is 0.128 e. The van der Waals surface area contributed by atoms with Gasteiger partial charge in [-0.2, -0.15) is 0 Å². The average molecular weight is 178 g/mol. The van der Waals surface area contributed by atoms with Crippen molar-refractivity contribution in [3.63, 3.8) is 0 Å². The number of halogens is 1. The van der Waals surface area contributed by atoms with Gasteiger partial charge >= 0.3 is 0 Å². The molecule has 0 aliphatic rings. The Balaban J connectivity index is 2.69. The molecule has 0 bridgehead atoms. The molecular formula is C10H11FN2. The van der Waals surface area contributed by atoms with E-state index in [9.17, 15) is 4.39 Å². The van der Waals surface area contributed by atoms with E-state index in [0.29, 0.717) is 0 Å². The maximum absolute atomic E-state index is 13.4. The van der Waals surface area contributed by atoms with E-state index >= 15 is 0 Å². The molecule has 2 nitrogen and oxygen atoms in total. The maximum atomic E-state index is 13.4. The quantitative estimate of drug-likeness (QED) is 0.714. The molecule has 0 aliphatic heterocycles. The van der Waals surface area contributed by atoms with E-state index in [1.54, 1.807) is 12.4 Å². The number of benzene rings is 1. The minimum atomic E-state index is -0.160. The summed E-state index contributed by atoms with van der Waals surface area (Å²) >= 11 is 0. The molecule has 1 N–H and O–H groups in total. The number of nitrogens with zero attached hydrogens (tertiary/aromatic N) is 1. The fraction of sp³-hybridized carbons (Fsp3) is 0.300. The van der Waals surface area contributed by atoms with Crippen molar-refractivity contribution in [2.45, 2.75) is 19.8 Å². The van der Waals surface area contributed by atoms with E-state index in [2.05, 4.69) is 9.97 Å². The van der Waals surface area contributed by atoms with Gasteiger partial charge < -0.3 is 4.98 Å². The van der Waals surface area contributed by atoms with Crippen LogP contribution in [0.1, 0.15) is 25.3 Å². The number of hydrogen-bond donors (Lipinski definition) is 1. The molecule has 0 spiro atoms. The van der Waals surface area contributed by atoms with Gasteiger partial charge in [-0.15, -0.1) is 0 Å². The Bertz CT molecular complexity index is 431. The summed E-state index contributed by atoms with van der Waals surface area (Å²) in [5.41, 5.74) is 2.30. The van der Waals surface area contributed by atoms with Gasteiger partial charge in [0.25, 0.3) is 0 Å². The number of hydrogen-bond acceptors (Lipinski definition) is 1. The Morgan fingerprint density at radius 2 is 2.15 bits per heavy atom. The molecule has 0 radical (unpaired) electrons. The molecule has 2 aromatic rings. The van der Waals surface area contributed by atoms with Crippen LogP contribution in [-0.4, -0.2) is 9.97 Å². The predicted molar refractivity (Wildman–Crippen MR) is 50.1 cm³/mol. The van der Waals surface area contributed by atoms with Crippen molar-refractivity contribution in [3.05, 3.63) is 29.8 Å². The number of nitrogens with one attached hydrogen (secondary N) is 1. The topological polar surface area (TPSA) is 28.7 Å². The number of H-pyrrole nitrogens is 1. The summed E-state index contributed by atoms with van der Waals surface area (Å²) in [4.78, 5) is 6.96. The first kappa shape index (κ1) is 8.23. The van der Waals surface area contributed by atoms with Gasteiger partial charge in [0.1, 0.15) is 5.82 Å². The summed E-state index contributed by atoms with van der Waals surface area (Å²) in [5.74, 6) is 0.0350. The Morgan fingerprint density at radius 1 is 1.38 bits per heavy atom. The predicted octanol–water partition coefficient (Wildman–Crippen LogP) is 2.83. The van der Waals surface area contributed by atoms with E-state index in [1.165, 1.54) is 6.07 Å². The van der Waals surface area contributed by atoms with Crippen LogP contribution in [-0.2, 0) is 0 Å². The SMILES string of the molecule is CC(C)c1cc2nc[nH]c2cc1F. The second kappa shape index (κ2) is 2.83. The Labute approximate surface area is 75.8 Å². The van der Waals surface area contributed by atoms with Crippen molar-refractivity contribution in [2.24, 2.45) is 0 Å². The highest BCUT2D eigenvalue weighted by molar-refractivity contribution is 5.75. The number of fused-ring (bicyclic) bond motifs is 1. The standard InChI is InChI=1S/C10H11FN2/c1-6(2)7-3-9-10(4-8(7)11)13-5-12-9/h3-6H,1-2H3,(H,12,13). The molecule has 0 saturated heterocycles. The van der Waals surface area contributed by atoms with E-state index in [-0.39, 0.29) is 11.7 Å². The minimum absolute atomic E-state index is 0.160. The third-order valence-electron chi connectivity index (χ3n) is 2.16. The molecular weight excluding hydrogens is 167 g/mol. The highest BCUT2D eigenvalue weighted by Crippen LogP contribution is 2.22. The van der Waals surface area contributed by atoms with Crippen LogP contribution in [0, 0.1) is 5.82 Å². The van der Waals surface area contributed by atoms with Crippen molar-refractivity contribution in [1.82, 2.24) is 9.97 Å². The molecule has 13 heavy (non-hydrogen) atoms. The molecule has 0 atom stereocenters. The first-order valence-electron chi connectivity index (χ1n) is 4.31. The Morgan fingerprint density at radius 3 is 2.85 bits per heavy atom. The largest absolute Gasteiger partial charge is 0.345 e. The van der Waals surface area contributed by atoms with Crippen LogP contribution < -0.4 is 0 Å². The second-order valence-electron chi connectivity index (χ2n) is 3.45. The molecule has 1 heterocycles. The third-order valence-corrected chi connectivity index (χ3v) is 2.16. The zero-order valence-corrected chi connectivity index (χ0v) is 7.63. The zero-order valence-electron chi connectivity index (χ0n) is 7.63. The monoisotopic (exact) mass is 178 g/mol. The lowest BCUT2D eigenvalue weighted by molar-refractivity contribution is 0.600. The molecule has 0 saturated carbocycles. The van der Waals surface area contributed by atoms with Crippen LogP contribution >= 0.6 is 0 Å². The van der Waals surface area contributed by atoms with Crippen LogP contribution in [0.4, 0.5) is 4.39 Å². The number of imidazole rings is 1. The van der Waals surface area contributed by atoms with Crippen LogP contribution in [0.15, 0.2) is 18.5 Å². The van der Waals surface area contributed by atoms with Crippen LogP contribution in [0.2, 0.25) is 0 Å². The van der Waals surface area contributed by atoms with Gasteiger partial charge in [-0.25, -0.2) is 9.37 Å². The summed E-state index contributed by atoms with van der Waals surface area (Å²) in [7, 11) is 0. The van der Waals surface area contributed by atoms with E-state index in [1.807, 2.05) is 13.8 Å².